The Balaban J connectivity index is 1.99. The minimum Gasteiger partial charge on any atom is -0.466 e. The van der Waals surface area contributed by atoms with E-state index in [0.717, 1.165) is 11.1 Å². The molecule has 2 unspecified atom stereocenters. The molecule has 2 rings (SSSR count). The first-order valence-electron chi connectivity index (χ1n) is 8.14. The molecule has 1 aromatic heterocycles. The number of carbonyl (C=O) groups is 2. The van der Waals surface area contributed by atoms with E-state index < -0.39 is 11.6 Å². The molecule has 0 bridgehead atoms. The highest BCUT2D eigenvalue weighted by Crippen LogP contribution is 2.21. The van der Waals surface area contributed by atoms with Gasteiger partial charge in [-0.05, 0) is 31.5 Å². The highest BCUT2D eigenvalue weighted by atomic mass is 16.4. The number of aliphatic hydroxyl groups is 1. The monoisotopic (exact) mass is 344 g/mol. The van der Waals surface area contributed by atoms with E-state index in [1.54, 1.807) is 19.1 Å². The number of amides is 2. The van der Waals surface area contributed by atoms with E-state index in [1.165, 1.54) is 13.2 Å². The molecule has 6 heteroatoms. The molecule has 0 radical (unpaired) electrons. The van der Waals surface area contributed by atoms with Crippen molar-refractivity contribution in [3.63, 3.8) is 0 Å². The van der Waals surface area contributed by atoms with Crippen molar-refractivity contribution in [2.24, 2.45) is 0 Å². The first-order valence-corrected chi connectivity index (χ1v) is 8.14. The van der Waals surface area contributed by atoms with Crippen LogP contribution in [0.1, 0.15) is 43.2 Å². The van der Waals surface area contributed by atoms with Crippen molar-refractivity contribution in [3.8, 4) is 0 Å². The normalized spacial score (nSPS) is 14.4. The number of carbonyl (C=O) groups excluding carboxylic acids is 2. The van der Waals surface area contributed by atoms with E-state index in [0.29, 0.717) is 5.76 Å². The molecule has 25 heavy (non-hydrogen) atoms. The number of aryl methyl sites for hydroxylation is 1. The lowest BCUT2D eigenvalue weighted by molar-refractivity contribution is -0.123. The smallest absolute Gasteiger partial charge is 0.222 e. The first kappa shape index (κ1) is 18.7. The standard InChI is InChI=1S/C19H24N2O4/c1-13-6-8-15(9-7-13)16(21-14(2)22)11-18(23)20-12-19(3,24)17-5-4-10-25-17/h4-10,16,24H,11-12H2,1-3H3,(H,20,23)(H,21,22). The maximum Gasteiger partial charge on any atom is 0.222 e. The van der Waals surface area contributed by atoms with Crippen LogP contribution in [-0.2, 0) is 15.2 Å². The lowest BCUT2D eigenvalue weighted by atomic mass is 10.0. The Hall–Kier alpha value is -2.60. The van der Waals surface area contributed by atoms with Crippen LogP contribution in [0.4, 0.5) is 0 Å². The summed E-state index contributed by atoms with van der Waals surface area (Å²) in [4.78, 5) is 23.7. The van der Waals surface area contributed by atoms with Crippen molar-refractivity contribution in [2.75, 3.05) is 6.54 Å². The van der Waals surface area contributed by atoms with Gasteiger partial charge in [0.05, 0.1) is 25.3 Å². The maximum absolute atomic E-state index is 12.3. The summed E-state index contributed by atoms with van der Waals surface area (Å²) in [6.07, 6.45) is 1.55. The molecule has 0 fully saturated rings. The van der Waals surface area contributed by atoms with E-state index in [-0.39, 0.29) is 24.8 Å². The SMILES string of the molecule is CC(=O)NC(CC(=O)NCC(C)(O)c1ccco1)c1ccc(C)cc1. The van der Waals surface area contributed by atoms with Gasteiger partial charge in [-0.1, -0.05) is 29.8 Å². The number of hydrogen-bond donors (Lipinski definition) is 3. The minimum atomic E-state index is -1.30. The Morgan fingerprint density at radius 2 is 1.92 bits per heavy atom. The zero-order valence-corrected chi connectivity index (χ0v) is 14.7. The number of rotatable bonds is 7. The van der Waals surface area contributed by atoms with Gasteiger partial charge < -0.3 is 20.2 Å². The molecule has 2 aromatic rings. The topological polar surface area (TPSA) is 91.6 Å². The summed E-state index contributed by atoms with van der Waals surface area (Å²) in [6.45, 7) is 4.97. The molecule has 1 heterocycles. The highest BCUT2D eigenvalue weighted by molar-refractivity contribution is 5.79. The summed E-state index contributed by atoms with van der Waals surface area (Å²) in [5.41, 5.74) is 0.657. The van der Waals surface area contributed by atoms with Crippen molar-refractivity contribution in [1.82, 2.24) is 10.6 Å². The lowest BCUT2D eigenvalue weighted by Crippen LogP contribution is -2.40. The molecule has 0 saturated carbocycles. The summed E-state index contributed by atoms with van der Waals surface area (Å²) in [7, 11) is 0. The Morgan fingerprint density at radius 3 is 2.48 bits per heavy atom. The van der Waals surface area contributed by atoms with Crippen molar-refractivity contribution in [3.05, 3.63) is 59.5 Å². The molecule has 3 N–H and O–H groups in total. The van der Waals surface area contributed by atoms with E-state index in [2.05, 4.69) is 10.6 Å². The van der Waals surface area contributed by atoms with Gasteiger partial charge in [-0.25, -0.2) is 0 Å². The molecule has 2 amide bonds. The van der Waals surface area contributed by atoms with Gasteiger partial charge in [0, 0.05) is 6.92 Å². The van der Waals surface area contributed by atoms with Crippen molar-refractivity contribution >= 4 is 11.8 Å². The van der Waals surface area contributed by atoms with Gasteiger partial charge in [0.25, 0.3) is 0 Å². The van der Waals surface area contributed by atoms with Crippen molar-refractivity contribution in [1.29, 1.82) is 0 Å². The third kappa shape index (κ3) is 5.46. The van der Waals surface area contributed by atoms with Crippen LogP contribution in [0.3, 0.4) is 0 Å². The van der Waals surface area contributed by atoms with Gasteiger partial charge in [0.1, 0.15) is 11.4 Å². The van der Waals surface area contributed by atoms with Crippen LogP contribution in [0.5, 0.6) is 0 Å². The van der Waals surface area contributed by atoms with E-state index in [1.807, 2.05) is 31.2 Å². The molecule has 0 saturated heterocycles. The molecule has 134 valence electrons. The largest absolute Gasteiger partial charge is 0.466 e. The van der Waals surface area contributed by atoms with E-state index >= 15 is 0 Å². The van der Waals surface area contributed by atoms with Gasteiger partial charge in [-0.3, -0.25) is 9.59 Å². The Bertz CT molecular complexity index is 706. The average molecular weight is 344 g/mol. The molecule has 0 aliphatic heterocycles. The molecule has 6 nitrogen and oxygen atoms in total. The molecule has 0 spiro atoms. The molecule has 1 aromatic carbocycles. The van der Waals surface area contributed by atoms with Crippen LogP contribution in [-0.4, -0.2) is 23.5 Å². The second kappa shape index (κ2) is 7.98. The van der Waals surface area contributed by atoms with Gasteiger partial charge in [-0.2, -0.15) is 0 Å². The third-order valence-corrected chi connectivity index (χ3v) is 3.93. The fraction of sp³-hybridized carbons (Fsp3) is 0.368. The molecule has 0 aliphatic rings. The fourth-order valence-corrected chi connectivity index (χ4v) is 2.50. The van der Waals surface area contributed by atoms with Crippen LogP contribution >= 0.6 is 0 Å². The average Bonchev–Trinajstić information content (AvgIpc) is 3.08. The molecular weight excluding hydrogens is 320 g/mol. The first-order chi connectivity index (χ1) is 11.8. The quantitative estimate of drug-likeness (QED) is 0.718. The van der Waals surface area contributed by atoms with Crippen LogP contribution in [0.2, 0.25) is 0 Å². The van der Waals surface area contributed by atoms with Gasteiger partial charge in [0.15, 0.2) is 0 Å². The van der Waals surface area contributed by atoms with Gasteiger partial charge in [0.2, 0.25) is 11.8 Å². The molecule has 0 aliphatic carbocycles. The maximum atomic E-state index is 12.3. The van der Waals surface area contributed by atoms with E-state index in [4.69, 9.17) is 4.42 Å². The Labute approximate surface area is 147 Å². The summed E-state index contributed by atoms with van der Waals surface area (Å²) in [5, 5.41) is 15.9. The van der Waals surface area contributed by atoms with Crippen LogP contribution < -0.4 is 10.6 Å². The van der Waals surface area contributed by atoms with Crippen LogP contribution in [0.15, 0.2) is 47.1 Å². The highest BCUT2D eigenvalue weighted by Gasteiger charge is 2.27. The second-order valence-electron chi connectivity index (χ2n) is 6.40. The summed E-state index contributed by atoms with van der Waals surface area (Å²) in [6, 6.07) is 10.6. The predicted octanol–water partition coefficient (Wildman–Crippen LogP) is 2.18. The summed E-state index contributed by atoms with van der Waals surface area (Å²) >= 11 is 0. The molecule has 2 atom stereocenters. The minimum absolute atomic E-state index is 0.0139. The fourth-order valence-electron chi connectivity index (χ4n) is 2.50. The predicted molar refractivity (Wildman–Crippen MR) is 93.6 cm³/mol. The lowest BCUT2D eigenvalue weighted by Gasteiger charge is -2.23. The van der Waals surface area contributed by atoms with Crippen LogP contribution in [0.25, 0.3) is 0 Å². The zero-order valence-electron chi connectivity index (χ0n) is 14.7. The number of furan rings is 1. The van der Waals surface area contributed by atoms with E-state index in [9.17, 15) is 14.7 Å². The van der Waals surface area contributed by atoms with Crippen molar-refractivity contribution < 1.29 is 19.1 Å². The number of benzene rings is 1. The zero-order chi connectivity index (χ0) is 18.4. The van der Waals surface area contributed by atoms with Gasteiger partial charge >= 0.3 is 0 Å². The summed E-state index contributed by atoms with van der Waals surface area (Å²) in [5.74, 6) is -0.100. The van der Waals surface area contributed by atoms with Crippen LogP contribution in [0, 0.1) is 6.92 Å². The van der Waals surface area contributed by atoms with Gasteiger partial charge in [-0.15, -0.1) is 0 Å². The Morgan fingerprint density at radius 1 is 1.24 bits per heavy atom. The summed E-state index contributed by atoms with van der Waals surface area (Å²) < 4.78 is 5.19. The Kier molecular flexibility index (Phi) is 5.98. The molecular formula is C19H24N2O4. The number of hydrogen-bond acceptors (Lipinski definition) is 4. The van der Waals surface area contributed by atoms with Crippen molar-refractivity contribution in [2.45, 2.75) is 38.8 Å². The second-order valence-corrected chi connectivity index (χ2v) is 6.40. The third-order valence-electron chi connectivity index (χ3n) is 3.93. The number of nitrogens with one attached hydrogen (secondary N) is 2.